The van der Waals surface area contributed by atoms with Gasteiger partial charge in [-0.25, -0.2) is 9.78 Å². The first-order valence-electron chi connectivity index (χ1n) is 5.79. The zero-order chi connectivity index (χ0) is 13.5. The Morgan fingerprint density at radius 3 is 2.63 bits per heavy atom. The number of aromatic nitrogens is 1. The van der Waals surface area contributed by atoms with Gasteiger partial charge in [0.05, 0.1) is 10.6 Å². The highest BCUT2D eigenvalue weighted by Gasteiger charge is 2.02. The fourth-order valence-corrected chi connectivity index (χ4v) is 2.13. The predicted octanol–water partition coefficient (Wildman–Crippen LogP) is 3.59. The van der Waals surface area contributed by atoms with Crippen molar-refractivity contribution < 1.29 is 9.90 Å². The summed E-state index contributed by atoms with van der Waals surface area (Å²) in [7, 11) is 0. The Bertz CT molecular complexity index is 564. The standard InChI is InChI=1S/C15H13NO2S/c17-15(18)13-8-9-14(16-11-13)19-10-4-7-12-5-2-1-3-6-12/h1-9,11H,10H2,(H,17,18). The number of rotatable bonds is 5. The van der Waals surface area contributed by atoms with Gasteiger partial charge in [-0.1, -0.05) is 42.5 Å². The maximum Gasteiger partial charge on any atom is 0.337 e. The van der Waals surface area contributed by atoms with E-state index in [1.165, 1.54) is 6.20 Å². The van der Waals surface area contributed by atoms with Crippen LogP contribution < -0.4 is 0 Å². The summed E-state index contributed by atoms with van der Waals surface area (Å²) >= 11 is 1.57. The maximum absolute atomic E-state index is 10.7. The molecule has 2 aromatic rings. The third kappa shape index (κ3) is 4.26. The van der Waals surface area contributed by atoms with Crippen LogP contribution in [0.15, 0.2) is 59.8 Å². The second-order valence-electron chi connectivity index (χ2n) is 3.81. The Balaban J connectivity index is 1.86. The molecule has 0 spiro atoms. The number of benzene rings is 1. The summed E-state index contributed by atoms with van der Waals surface area (Å²) < 4.78 is 0. The zero-order valence-corrected chi connectivity index (χ0v) is 11.0. The van der Waals surface area contributed by atoms with E-state index in [0.29, 0.717) is 0 Å². The highest BCUT2D eigenvalue weighted by atomic mass is 32.2. The first-order chi connectivity index (χ1) is 9.25. The summed E-state index contributed by atoms with van der Waals surface area (Å²) in [4.78, 5) is 14.8. The quantitative estimate of drug-likeness (QED) is 0.844. The van der Waals surface area contributed by atoms with E-state index >= 15 is 0 Å². The van der Waals surface area contributed by atoms with E-state index in [1.807, 2.05) is 30.3 Å². The molecule has 0 fully saturated rings. The average molecular weight is 271 g/mol. The summed E-state index contributed by atoms with van der Waals surface area (Å²) in [5.74, 6) is -0.151. The lowest BCUT2D eigenvalue weighted by molar-refractivity contribution is 0.0696. The van der Waals surface area contributed by atoms with Gasteiger partial charge in [-0.3, -0.25) is 0 Å². The average Bonchev–Trinajstić information content (AvgIpc) is 2.45. The molecule has 0 unspecified atom stereocenters. The number of hydrogen-bond donors (Lipinski definition) is 1. The molecule has 0 saturated heterocycles. The molecule has 1 aromatic carbocycles. The second kappa shape index (κ2) is 6.75. The summed E-state index contributed by atoms with van der Waals surface area (Å²) in [6, 6.07) is 13.4. The number of thioether (sulfide) groups is 1. The molecule has 0 atom stereocenters. The minimum Gasteiger partial charge on any atom is -0.478 e. The van der Waals surface area contributed by atoms with Gasteiger partial charge in [0.2, 0.25) is 0 Å². The van der Waals surface area contributed by atoms with Gasteiger partial charge in [0, 0.05) is 11.9 Å². The minimum absolute atomic E-state index is 0.212. The number of carboxylic acids is 1. The highest BCUT2D eigenvalue weighted by molar-refractivity contribution is 7.99. The normalized spacial score (nSPS) is 10.7. The number of hydrogen-bond acceptors (Lipinski definition) is 3. The summed E-state index contributed by atoms with van der Waals surface area (Å²) in [6.45, 7) is 0. The molecule has 0 bridgehead atoms. The lowest BCUT2D eigenvalue weighted by atomic mass is 10.2. The van der Waals surface area contributed by atoms with Crippen molar-refractivity contribution in [1.29, 1.82) is 0 Å². The predicted molar refractivity (Wildman–Crippen MR) is 77.4 cm³/mol. The lowest BCUT2D eigenvalue weighted by Gasteiger charge is -1.98. The van der Waals surface area contributed by atoms with Crippen molar-refractivity contribution in [2.24, 2.45) is 0 Å². The molecule has 19 heavy (non-hydrogen) atoms. The number of carboxylic acid groups (broad SMARTS) is 1. The van der Waals surface area contributed by atoms with Crippen LogP contribution >= 0.6 is 11.8 Å². The van der Waals surface area contributed by atoms with Gasteiger partial charge >= 0.3 is 5.97 Å². The number of carbonyl (C=O) groups is 1. The van der Waals surface area contributed by atoms with E-state index in [0.717, 1.165) is 16.3 Å². The van der Waals surface area contributed by atoms with Crippen molar-refractivity contribution in [2.45, 2.75) is 5.03 Å². The molecule has 4 heteroatoms. The SMILES string of the molecule is O=C(O)c1ccc(SCC=Cc2ccccc2)nc1. The molecule has 0 aliphatic rings. The van der Waals surface area contributed by atoms with Crippen LogP contribution in [0, 0.1) is 0 Å². The fraction of sp³-hybridized carbons (Fsp3) is 0.0667. The van der Waals surface area contributed by atoms with Gasteiger partial charge in [-0.15, -0.1) is 11.8 Å². The largest absolute Gasteiger partial charge is 0.478 e. The van der Waals surface area contributed by atoms with Crippen molar-refractivity contribution in [3.05, 3.63) is 65.9 Å². The smallest absolute Gasteiger partial charge is 0.337 e. The van der Waals surface area contributed by atoms with E-state index in [-0.39, 0.29) is 5.56 Å². The molecule has 1 heterocycles. The van der Waals surface area contributed by atoms with Crippen LogP contribution in [0.2, 0.25) is 0 Å². The molecule has 0 aliphatic carbocycles. The van der Waals surface area contributed by atoms with Gasteiger partial charge in [0.15, 0.2) is 0 Å². The summed E-state index contributed by atoms with van der Waals surface area (Å²) in [5.41, 5.74) is 1.38. The minimum atomic E-state index is -0.951. The number of nitrogens with zero attached hydrogens (tertiary/aromatic N) is 1. The summed E-state index contributed by atoms with van der Waals surface area (Å²) in [5, 5.41) is 9.58. The Morgan fingerprint density at radius 1 is 1.21 bits per heavy atom. The lowest BCUT2D eigenvalue weighted by Crippen LogP contribution is -1.96. The van der Waals surface area contributed by atoms with E-state index in [2.05, 4.69) is 17.1 Å². The first-order valence-corrected chi connectivity index (χ1v) is 6.78. The van der Waals surface area contributed by atoms with Crippen molar-refractivity contribution in [2.75, 3.05) is 5.75 Å². The van der Waals surface area contributed by atoms with Gasteiger partial charge in [0.25, 0.3) is 0 Å². The van der Waals surface area contributed by atoms with Gasteiger partial charge in [0.1, 0.15) is 0 Å². The molecule has 96 valence electrons. The Labute approximate surface area is 116 Å². The van der Waals surface area contributed by atoms with E-state index in [1.54, 1.807) is 23.9 Å². The third-order valence-electron chi connectivity index (χ3n) is 2.42. The zero-order valence-electron chi connectivity index (χ0n) is 10.2. The maximum atomic E-state index is 10.7. The van der Waals surface area contributed by atoms with Crippen LogP contribution in [0.25, 0.3) is 6.08 Å². The van der Waals surface area contributed by atoms with Crippen molar-refractivity contribution in [3.63, 3.8) is 0 Å². The van der Waals surface area contributed by atoms with Crippen molar-refractivity contribution >= 4 is 23.8 Å². The van der Waals surface area contributed by atoms with Gasteiger partial charge < -0.3 is 5.11 Å². The van der Waals surface area contributed by atoms with Crippen LogP contribution in [0.1, 0.15) is 15.9 Å². The third-order valence-corrected chi connectivity index (χ3v) is 3.32. The Morgan fingerprint density at radius 2 is 2.00 bits per heavy atom. The Hall–Kier alpha value is -2.07. The molecule has 2 rings (SSSR count). The fourth-order valence-electron chi connectivity index (χ4n) is 1.47. The highest BCUT2D eigenvalue weighted by Crippen LogP contribution is 2.16. The van der Waals surface area contributed by atoms with Crippen LogP contribution in [0.5, 0.6) is 0 Å². The van der Waals surface area contributed by atoms with Crippen LogP contribution in [-0.2, 0) is 0 Å². The monoisotopic (exact) mass is 271 g/mol. The number of aromatic carboxylic acids is 1. The molecular weight excluding hydrogens is 258 g/mol. The van der Waals surface area contributed by atoms with Crippen LogP contribution in [0.4, 0.5) is 0 Å². The van der Waals surface area contributed by atoms with Crippen LogP contribution in [-0.4, -0.2) is 21.8 Å². The second-order valence-corrected chi connectivity index (χ2v) is 4.85. The van der Waals surface area contributed by atoms with E-state index in [9.17, 15) is 4.79 Å². The van der Waals surface area contributed by atoms with E-state index < -0.39 is 5.97 Å². The molecule has 1 aromatic heterocycles. The van der Waals surface area contributed by atoms with Gasteiger partial charge in [-0.2, -0.15) is 0 Å². The molecule has 1 N–H and O–H groups in total. The van der Waals surface area contributed by atoms with E-state index in [4.69, 9.17) is 5.11 Å². The molecular formula is C15H13NO2S. The number of pyridine rings is 1. The molecule has 0 amide bonds. The van der Waals surface area contributed by atoms with Gasteiger partial charge in [-0.05, 0) is 17.7 Å². The first kappa shape index (κ1) is 13.4. The Kier molecular flexibility index (Phi) is 4.75. The molecule has 0 aliphatic heterocycles. The topological polar surface area (TPSA) is 50.2 Å². The summed E-state index contributed by atoms with van der Waals surface area (Å²) in [6.07, 6.45) is 5.50. The van der Waals surface area contributed by atoms with Crippen molar-refractivity contribution in [1.82, 2.24) is 4.98 Å². The van der Waals surface area contributed by atoms with Crippen LogP contribution in [0.3, 0.4) is 0 Å². The molecule has 0 radical (unpaired) electrons. The van der Waals surface area contributed by atoms with Crippen molar-refractivity contribution in [3.8, 4) is 0 Å². The molecule has 0 saturated carbocycles. The molecule has 3 nitrogen and oxygen atoms in total.